The lowest BCUT2D eigenvalue weighted by Crippen LogP contribution is -2.19. The molecule has 0 unspecified atom stereocenters. The number of benzene rings is 3. The van der Waals surface area contributed by atoms with Gasteiger partial charge in [-0.3, -0.25) is 0 Å². The summed E-state index contributed by atoms with van der Waals surface area (Å²) in [6, 6.07) is 24.7. The monoisotopic (exact) mass is 428 g/mol. The van der Waals surface area contributed by atoms with E-state index >= 15 is 0 Å². The average Bonchev–Trinajstić information content (AvgIpc) is 3.08. The number of amides is 2. The van der Waals surface area contributed by atoms with Gasteiger partial charge >= 0.3 is 6.03 Å². The van der Waals surface area contributed by atoms with E-state index in [4.69, 9.17) is 4.74 Å². The van der Waals surface area contributed by atoms with Gasteiger partial charge in [-0.2, -0.15) is 0 Å². The fraction of sp³-hybridized carbons (Fsp3) is 0.192. The first-order valence-electron chi connectivity index (χ1n) is 10.6. The van der Waals surface area contributed by atoms with Crippen molar-refractivity contribution < 1.29 is 9.53 Å². The van der Waals surface area contributed by atoms with Crippen LogP contribution in [-0.4, -0.2) is 36.1 Å². The van der Waals surface area contributed by atoms with Gasteiger partial charge < -0.3 is 24.8 Å². The molecule has 0 aliphatic heterocycles. The van der Waals surface area contributed by atoms with Gasteiger partial charge in [0.1, 0.15) is 11.5 Å². The summed E-state index contributed by atoms with van der Waals surface area (Å²) in [5, 5.41) is 6.89. The maximum atomic E-state index is 12.5. The van der Waals surface area contributed by atoms with Crippen LogP contribution in [0.25, 0.3) is 10.9 Å². The van der Waals surface area contributed by atoms with Crippen LogP contribution in [-0.2, 0) is 6.54 Å². The van der Waals surface area contributed by atoms with Crippen LogP contribution < -0.4 is 15.4 Å². The van der Waals surface area contributed by atoms with Gasteiger partial charge in [-0.15, -0.1) is 0 Å². The molecular weight excluding hydrogens is 400 g/mol. The van der Waals surface area contributed by atoms with E-state index in [0.717, 1.165) is 29.9 Å². The average molecular weight is 429 g/mol. The van der Waals surface area contributed by atoms with Crippen LogP contribution in [0.5, 0.6) is 11.5 Å². The third kappa shape index (κ3) is 5.28. The molecule has 0 atom stereocenters. The van der Waals surface area contributed by atoms with Gasteiger partial charge in [0.15, 0.2) is 0 Å². The summed E-state index contributed by atoms with van der Waals surface area (Å²) in [5.74, 6) is 1.48. The highest BCUT2D eigenvalue weighted by molar-refractivity contribution is 6.01. The molecule has 0 spiro atoms. The Morgan fingerprint density at radius 3 is 2.25 bits per heavy atom. The first kappa shape index (κ1) is 21.5. The minimum absolute atomic E-state index is 0.287. The van der Waals surface area contributed by atoms with Crippen molar-refractivity contribution >= 4 is 28.3 Å². The Hall–Kier alpha value is -3.77. The molecule has 2 N–H and O–H groups in total. The van der Waals surface area contributed by atoms with E-state index in [1.807, 2.05) is 66.7 Å². The van der Waals surface area contributed by atoms with Gasteiger partial charge in [0, 0.05) is 41.1 Å². The van der Waals surface area contributed by atoms with Crippen molar-refractivity contribution in [3.05, 3.63) is 84.6 Å². The molecular formula is C26H28N4O2. The Labute approximate surface area is 188 Å². The number of nitrogens with zero attached hydrogens (tertiary/aromatic N) is 2. The topological polar surface area (TPSA) is 58.5 Å². The number of carbonyl (C=O) groups is 1. The quantitative estimate of drug-likeness (QED) is 0.383. The van der Waals surface area contributed by atoms with E-state index in [1.165, 1.54) is 11.2 Å². The number of anilines is 2. The van der Waals surface area contributed by atoms with Crippen LogP contribution in [0.1, 0.15) is 5.69 Å². The summed E-state index contributed by atoms with van der Waals surface area (Å²) in [6.07, 6.45) is 0. The van der Waals surface area contributed by atoms with E-state index < -0.39 is 0 Å². The zero-order chi connectivity index (χ0) is 22.5. The standard InChI is InChI=1S/C26H28N4O2/c1-19-17-20-18-22(11-14-25(20)30(19)16-15-29(2)3)28-26(31)27-21-9-12-24(13-10-21)32-23-7-5-4-6-8-23/h4-14,17-18H,15-16H2,1-3H3,(H2,27,28,31). The summed E-state index contributed by atoms with van der Waals surface area (Å²) in [5.41, 5.74) is 3.82. The molecule has 0 bridgehead atoms. The normalized spacial score (nSPS) is 11.0. The van der Waals surface area contributed by atoms with Gasteiger partial charge in [0.2, 0.25) is 0 Å². The highest BCUT2D eigenvalue weighted by Crippen LogP contribution is 2.25. The van der Waals surface area contributed by atoms with Gasteiger partial charge in [-0.05, 0) is 81.7 Å². The van der Waals surface area contributed by atoms with Crippen molar-refractivity contribution in [2.45, 2.75) is 13.5 Å². The number of nitrogens with one attached hydrogen (secondary N) is 2. The van der Waals surface area contributed by atoms with Crippen molar-refractivity contribution in [1.82, 2.24) is 9.47 Å². The summed E-state index contributed by atoms with van der Waals surface area (Å²) in [6.45, 7) is 4.02. The third-order valence-corrected chi connectivity index (χ3v) is 5.23. The van der Waals surface area contributed by atoms with E-state index in [2.05, 4.69) is 53.3 Å². The maximum Gasteiger partial charge on any atom is 0.323 e. The van der Waals surface area contributed by atoms with Crippen molar-refractivity contribution in [2.75, 3.05) is 31.3 Å². The van der Waals surface area contributed by atoms with E-state index in [-0.39, 0.29) is 6.03 Å². The van der Waals surface area contributed by atoms with E-state index in [1.54, 1.807) is 0 Å². The summed E-state index contributed by atoms with van der Waals surface area (Å²) in [7, 11) is 4.15. The second-order valence-electron chi connectivity index (χ2n) is 8.03. The molecule has 3 aromatic carbocycles. The molecule has 0 fully saturated rings. The van der Waals surface area contributed by atoms with Gasteiger partial charge in [0.05, 0.1) is 0 Å². The van der Waals surface area contributed by atoms with Crippen molar-refractivity contribution in [1.29, 1.82) is 0 Å². The molecule has 0 radical (unpaired) electrons. The fourth-order valence-corrected chi connectivity index (χ4v) is 3.61. The lowest BCUT2D eigenvalue weighted by Gasteiger charge is -2.13. The second kappa shape index (κ2) is 9.58. The molecule has 2 amide bonds. The molecule has 6 nitrogen and oxygen atoms in total. The molecule has 32 heavy (non-hydrogen) atoms. The smallest absolute Gasteiger partial charge is 0.323 e. The Kier molecular flexibility index (Phi) is 6.42. The molecule has 1 heterocycles. The number of carbonyl (C=O) groups excluding carboxylic acids is 1. The Balaban J connectivity index is 1.38. The number of rotatable bonds is 7. The van der Waals surface area contributed by atoms with Crippen LogP contribution >= 0.6 is 0 Å². The van der Waals surface area contributed by atoms with Crippen molar-refractivity contribution in [2.24, 2.45) is 0 Å². The maximum absolute atomic E-state index is 12.5. The third-order valence-electron chi connectivity index (χ3n) is 5.23. The number of ether oxygens (including phenoxy) is 1. The summed E-state index contributed by atoms with van der Waals surface area (Å²) in [4.78, 5) is 14.7. The lowest BCUT2D eigenvalue weighted by molar-refractivity contribution is 0.262. The van der Waals surface area contributed by atoms with Crippen LogP contribution in [0.15, 0.2) is 78.9 Å². The summed E-state index contributed by atoms with van der Waals surface area (Å²) >= 11 is 0. The number of fused-ring (bicyclic) bond motifs is 1. The second-order valence-corrected chi connectivity index (χ2v) is 8.03. The predicted octanol–water partition coefficient (Wildman–Crippen LogP) is 5.95. The fourth-order valence-electron chi connectivity index (χ4n) is 3.61. The molecule has 0 aliphatic rings. The zero-order valence-corrected chi connectivity index (χ0v) is 18.6. The highest BCUT2D eigenvalue weighted by Gasteiger charge is 2.09. The Bertz CT molecular complexity index is 1200. The lowest BCUT2D eigenvalue weighted by atomic mass is 10.2. The van der Waals surface area contributed by atoms with Gasteiger partial charge in [-0.25, -0.2) is 4.79 Å². The first-order valence-corrected chi connectivity index (χ1v) is 10.6. The number of aryl methyl sites for hydroxylation is 1. The van der Waals surface area contributed by atoms with Crippen molar-refractivity contribution in [3.8, 4) is 11.5 Å². The largest absolute Gasteiger partial charge is 0.457 e. The molecule has 164 valence electrons. The van der Waals surface area contributed by atoms with Gasteiger partial charge in [-0.1, -0.05) is 18.2 Å². The number of urea groups is 1. The first-order chi connectivity index (χ1) is 15.5. The number of aromatic nitrogens is 1. The molecule has 4 rings (SSSR count). The Morgan fingerprint density at radius 2 is 1.53 bits per heavy atom. The minimum Gasteiger partial charge on any atom is -0.457 e. The SMILES string of the molecule is Cc1cc2cc(NC(=O)Nc3ccc(Oc4ccccc4)cc3)ccc2n1CCN(C)C. The van der Waals surface area contributed by atoms with Gasteiger partial charge in [0.25, 0.3) is 0 Å². The van der Waals surface area contributed by atoms with Crippen LogP contribution in [0.3, 0.4) is 0 Å². The molecule has 1 aromatic heterocycles. The van der Waals surface area contributed by atoms with E-state index in [0.29, 0.717) is 11.4 Å². The molecule has 0 saturated heterocycles. The number of hydrogen-bond donors (Lipinski definition) is 2. The van der Waals surface area contributed by atoms with Crippen molar-refractivity contribution in [3.63, 3.8) is 0 Å². The number of para-hydroxylation sites is 1. The molecule has 6 heteroatoms. The summed E-state index contributed by atoms with van der Waals surface area (Å²) < 4.78 is 8.09. The number of hydrogen-bond acceptors (Lipinski definition) is 3. The number of likely N-dealkylation sites (N-methyl/N-ethyl adjacent to an activating group) is 1. The van der Waals surface area contributed by atoms with Crippen LogP contribution in [0.4, 0.5) is 16.2 Å². The molecule has 0 saturated carbocycles. The highest BCUT2D eigenvalue weighted by atomic mass is 16.5. The molecule has 4 aromatic rings. The molecule has 0 aliphatic carbocycles. The van der Waals surface area contributed by atoms with Crippen LogP contribution in [0.2, 0.25) is 0 Å². The van der Waals surface area contributed by atoms with E-state index in [9.17, 15) is 4.79 Å². The predicted molar refractivity (Wildman–Crippen MR) is 131 cm³/mol. The minimum atomic E-state index is -0.287. The van der Waals surface area contributed by atoms with Crippen LogP contribution in [0, 0.1) is 6.92 Å². The Morgan fingerprint density at radius 1 is 0.875 bits per heavy atom. The zero-order valence-electron chi connectivity index (χ0n) is 18.6.